The topological polar surface area (TPSA) is 60.5 Å². The van der Waals surface area contributed by atoms with Crippen molar-refractivity contribution in [2.75, 3.05) is 5.75 Å². The highest BCUT2D eigenvalue weighted by atomic mass is 35.5. The Labute approximate surface area is 162 Å². The molecule has 1 aromatic heterocycles. The number of benzene rings is 1. The Kier molecular flexibility index (Phi) is 3.90. The zero-order valence-corrected chi connectivity index (χ0v) is 15.9. The summed E-state index contributed by atoms with van der Waals surface area (Å²) in [7, 11) is 0. The third kappa shape index (κ3) is 2.52. The summed E-state index contributed by atoms with van der Waals surface area (Å²) in [6.45, 7) is 0. The molecule has 1 aromatic carbocycles. The highest BCUT2D eigenvalue weighted by molar-refractivity contribution is 8.14. The molecule has 1 fully saturated rings. The maximum absolute atomic E-state index is 6.41. The number of nitrogens with zero attached hydrogens (tertiary/aromatic N) is 2. The van der Waals surface area contributed by atoms with E-state index >= 15 is 0 Å². The number of halogens is 1. The maximum atomic E-state index is 6.41. The molecule has 3 atom stereocenters. The molecule has 0 saturated heterocycles. The number of thioether (sulfide) groups is 1. The fourth-order valence-corrected chi connectivity index (χ4v) is 5.84. The number of aliphatic imine (C=N–C) groups is 1. The van der Waals surface area contributed by atoms with Crippen LogP contribution in [0.4, 0.5) is 0 Å². The second-order valence-electron chi connectivity index (χ2n) is 7.31. The Morgan fingerprint density at radius 1 is 1.15 bits per heavy atom. The van der Waals surface area contributed by atoms with Crippen molar-refractivity contribution in [3.63, 3.8) is 0 Å². The number of nitrogens with two attached hydrogens (primary N) is 1. The average molecular weight is 386 g/mol. The third-order valence-corrected chi connectivity index (χ3v) is 7.01. The Morgan fingerprint density at radius 3 is 2.85 bits per heavy atom. The summed E-state index contributed by atoms with van der Waals surface area (Å²) in [6.07, 6.45) is 8.44. The monoisotopic (exact) mass is 385 g/mol. The van der Waals surface area contributed by atoms with Crippen molar-refractivity contribution in [2.45, 2.75) is 37.3 Å². The van der Waals surface area contributed by atoms with Gasteiger partial charge in [-0.2, -0.15) is 0 Å². The molecular formula is C20H20ClN3OS. The number of amidine groups is 1. The van der Waals surface area contributed by atoms with Gasteiger partial charge >= 0.3 is 0 Å². The van der Waals surface area contributed by atoms with Gasteiger partial charge in [0.1, 0.15) is 17.4 Å². The van der Waals surface area contributed by atoms with Gasteiger partial charge in [-0.1, -0.05) is 35.9 Å². The summed E-state index contributed by atoms with van der Waals surface area (Å²) >= 11 is 7.80. The minimum absolute atomic E-state index is 0.241. The van der Waals surface area contributed by atoms with Gasteiger partial charge in [0.05, 0.1) is 5.02 Å². The van der Waals surface area contributed by atoms with Gasteiger partial charge in [0.15, 0.2) is 5.17 Å². The van der Waals surface area contributed by atoms with E-state index < -0.39 is 0 Å². The lowest BCUT2D eigenvalue weighted by atomic mass is 9.68. The number of hydrogen-bond donors (Lipinski definition) is 1. The second kappa shape index (κ2) is 6.17. The molecular weight excluding hydrogens is 366 g/mol. The van der Waals surface area contributed by atoms with Gasteiger partial charge < -0.3 is 10.5 Å². The summed E-state index contributed by atoms with van der Waals surface area (Å²) < 4.78 is 6.41. The Bertz CT molecular complexity index is 902. The molecule has 5 rings (SSSR count). The lowest BCUT2D eigenvalue weighted by Gasteiger charge is -2.47. The molecule has 0 bridgehead atoms. The summed E-state index contributed by atoms with van der Waals surface area (Å²) in [5.74, 6) is 2.24. The van der Waals surface area contributed by atoms with Crippen molar-refractivity contribution in [3.8, 4) is 16.9 Å². The first kappa shape index (κ1) is 16.5. The zero-order valence-electron chi connectivity index (χ0n) is 14.3. The number of aromatic nitrogens is 1. The van der Waals surface area contributed by atoms with Crippen molar-refractivity contribution >= 4 is 28.5 Å². The van der Waals surface area contributed by atoms with Crippen LogP contribution in [0.5, 0.6) is 5.75 Å². The van der Waals surface area contributed by atoms with Gasteiger partial charge in [-0.15, -0.1) is 0 Å². The first-order valence-corrected chi connectivity index (χ1v) is 10.4. The van der Waals surface area contributed by atoms with Crippen molar-refractivity contribution < 1.29 is 4.74 Å². The Hall–Kier alpha value is -1.72. The van der Waals surface area contributed by atoms with Crippen molar-refractivity contribution in [2.24, 2.45) is 16.6 Å². The van der Waals surface area contributed by atoms with E-state index in [9.17, 15) is 0 Å². The molecule has 0 amide bonds. The molecule has 2 N–H and O–H groups in total. The maximum Gasteiger partial charge on any atom is 0.154 e. The average Bonchev–Trinajstić information content (AvgIpc) is 3.04. The zero-order chi connectivity index (χ0) is 17.7. The van der Waals surface area contributed by atoms with Crippen LogP contribution < -0.4 is 10.5 Å². The highest BCUT2D eigenvalue weighted by Gasteiger charge is 2.53. The van der Waals surface area contributed by atoms with Crippen LogP contribution in [0.1, 0.15) is 31.2 Å². The van der Waals surface area contributed by atoms with E-state index in [4.69, 9.17) is 27.1 Å². The van der Waals surface area contributed by atoms with Crippen LogP contribution >= 0.6 is 23.4 Å². The molecule has 3 heterocycles. The highest BCUT2D eigenvalue weighted by Crippen LogP contribution is 2.54. The van der Waals surface area contributed by atoms with Crippen LogP contribution in [0.25, 0.3) is 11.1 Å². The van der Waals surface area contributed by atoms with Gasteiger partial charge in [-0.05, 0) is 43.0 Å². The van der Waals surface area contributed by atoms with Gasteiger partial charge in [-0.25, -0.2) is 4.99 Å². The van der Waals surface area contributed by atoms with Crippen molar-refractivity contribution in [1.82, 2.24) is 4.98 Å². The Balaban J connectivity index is 1.67. The van der Waals surface area contributed by atoms with E-state index in [1.165, 1.54) is 12.8 Å². The fraction of sp³-hybridized carbons (Fsp3) is 0.400. The molecule has 0 radical (unpaired) electrons. The van der Waals surface area contributed by atoms with Gasteiger partial charge in [0.25, 0.3) is 0 Å². The minimum atomic E-state index is -0.268. The molecule has 26 heavy (non-hydrogen) atoms. The lowest BCUT2D eigenvalue weighted by molar-refractivity contribution is 0.0268. The van der Waals surface area contributed by atoms with Crippen LogP contribution in [-0.4, -0.2) is 22.0 Å². The van der Waals surface area contributed by atoms with Gasteiger partial charge in [-0.3, -0.25) is 4.98 Å². The molecule has 2 aliphatic heterocycles. The molecule has 1 saturated carbocycles. The normalized spacial score (nSPS) is 29.7. The van der Waals surface area contributed by atoms with E-state index in [0.717, 1.165) is 41.0 Å². The molecule has 3 aliphatic rings. The lowest BCUT2D eigenvalue weighted by Crippen LogP contribution is -2.49. The molecule has 6 heteroatoms. The first-order chi connectivity index (χ1) is 12.7. The predicted molar refractivity (Wildman–Crippen MR) is 107 cm³/mol. The van der Waals surface area contributed by atoms with Crippen molar-refractivity contribution in [3.05, 3.63) is 47.2 Å². The largest absolute Gasteiger partial charge is 0.490 e. The summed E-state index contributed by atoms with van der Waals surface area (Å²) in [5, 5.41) is 1.33. The number of rotatable bonds is 1. The number of hydrogen-bond acceptors (Lipinski definition) is 5. The molecule has 1 spiro atoms. The minimum Gasteiger partial charge on any atom is -0.490 e. The molecule has 4 nitrogen and oxygen atoms in total. The van der Waals surface area contributed by atoms with E-state index in [-0.39, 0.29) is 11.6 Å². The van der Waals surface area contributed by atoms with E-state index in [0.29, 0.717) is 16.1 Å². The second-order valence-corrected chi connectivity index (χ2v) is 8.75. The molecule has 134 valence electrons. The standard InChI is InChI=1S/C20H20ClN3OS/c21-14-7-13(9-23-10-14)12-5-6-18-16(8-12)20(11-26-19(22)24-20)15-3-1-2-4-17(15)25-18/h5-10,15,17H,1-4,11H2,(H2,22,24)/t15?,17-,20?/m1/s1. The third-order valence-electron chi connectivity index (χ3n) is 5.83. The quantitative estimate of drug-likeness (QED) is 0.778. The number of ether oxygens (including phenoxy) is 1. The number of pyridine rings is 1. The summed E-state index contributed by atoms with van der Waals surface area (Å²) in [4.78, 5) is 9.22. The number of fused-ring (bicyclic) bond motifs is 4. The van der Waals surface area contributed by atoms with Crippen molar-refractivity contribution in [1.29, 1.82) is 0 Å². The van der Waals surface area contributed by atoms with Gasteiger partial charge in [0, 0.05) is 35.2 Å². The first-order valence-electron chi connectivity index (χ1n) is 9.06. The molecule has 2 aromatic rings. The Morgan fingerprint density at radius 2 is 2.04 bits per heavy atom. The van der Waals surface area contributed by atoms with E-state index in [1.807, 2.05) is 12.3 Å². The van der Waals surface area contributed by atoms with E-state index in [2.05, 4.69) is 23.2 Å². The van der Waals surface area contributed by atoms with E-state index in [1.54, 1.807) is 18.0 Å². The fourth-order valence-electron chi connectivity index (χ4n) is 4.64. The van der Waals surface area contributed by atoms with Crippen LogP contribution in [0, 0.1) is 5.92 Å². The van der Waals surface area contributed by atoms with Gasteiger partial charge in [0.2, 0.25) is 0 Å². The van der Waals surface area contributed by atoms with Crippen LogP contribution in [0.15, 0.2) is 41.7 Å². The van der Waals surface area contributed by atoms with Crippen LogP contribution in [0.3, 0.4) is 0 Å². The summed E-state index contributed by atoms with van der Waals surface area (Å²) in [5.41, 5.74) is 9.11. The van der Waals surface area contributed by atoms with Crippen LogP contribution in [-0.2, 0) is 5.54 Å². The van der Waals surface area contributed by atoms with Crippen LogP contribution in [0.2, 0.25) is 5.02 Å². The smallest absolute Gasteiger partial charge is 0.154 e. The molecule has 1 aliphatic carbocycles. The summed E-state index contributed by atoms with van der Waals surface area (Å²) in [6, 6.07) is 8.30. The molecule has 2 unspecified atom stereocenters. The SMILES string of the molecule is NC1=NC2(CS1)c1cc(-c3cncc(Cl)c3)ccc1O[C@@H]1CCCCC12. The predicted octanol–water partition coefficient (Wildman–Crippen LogP) is 4.61.